The van der Waals surface area contributed by atoms with Crippen molar-refractivity contribution in [1.82, 2.24) is 0 Å². The van der Waals surface area contributed by atoms with E-state index in [1.54, 1.807) is 0 Å². The number of hydrogen-bond acceptors (Lipinski definition) is 10. The standard InChI is InChI=1S/C14H26O10/c1-21-13-11(19)9(17)7(15)5(23-13)3-4-6-8(16)10(18)12(20)14(22-2)24-6/h5-20H,3-4H2,1-2H3/t5-,6-,7-,8-,9+,10+,11-,12-,13+,14+/m1/s1. The Kier molecular flexibility index (Phi) is 6.90. The molecule has 10 nitrogen and oxygen atoms in total. The van der Waals surface area contributed by atoms with Gasteiger partial charge in [0.15, 0.2) is 12.6 Å². The highest BCUT2D eigenvalue weighted by Gasteiger charge is 2.46. The third kappa shape index (κ3) is 3.88. The average molecular weight is 354 g/mol. The molecule has 0 aliphatic carbocycles. The maximum Gasteiger partial charge on any atom is 0.186 e. The number of aliphatic hydroxyl groups excluding tert-OH is 6. The van der Waals surface area contributed by atoms with Gasteiger partial charge in [0.05, 0.1) is 12.2 Å². The van der Waals surface area contributed by atoms with Crippen molar-refractivity contribution in [2.45, 2.75) is 74.3 Å². The summed E-state index contributed by atoms with van der Waals surface area (Å²) in [5, 5.41) is 59.1. The fourth-order valence-corrected chi connectivity index (χ4v) is 3.03. The van der Waals surface area contributed by atoms with E-state index in [0.717, 1.165) is 0 Å². The summed E-state index contributed by atoms with van der Waals surface area (Å²) in [4.78, 5) is 0. The van der Waals surface area contributed by atoms with Gasteiger partial charge >= 0.3 is 0 Å². The van der Waals surface area contributed by atoms with Gasteiger partial charge in [-0.25, -0.2) is 0 Å². The van der Waals surface area contributed by atoms with Crippen molar-refractivity contribution in [1.29, 1.82) is 0 Å². The predicted octanol–water partition coefficient (Wildman–Crippen LogP) is -3.33. The molecule has 2 aliphatic heterocycles. The number of methoxy groups -OCH3 is 2. The summed E-state index contributed by atoms with van der Waals surface area (Å²) in [7, 11) is 2.59. The van der Waals surface area contributed by atoms with Gasteiger partial charge in [0.25, 0.3) is 0 Å². The molecule has 0 aromatic heterocycles. The van der Waals surface area contributed by atoms with Crippen molar-refractivity contribution in [3.8, 4) is 0 Å². The van der Waals surface area contributed by atoms with Crippen LogP contribution in [0.2, 0.25) is 0 Å². The van der Waals surface area contributed by atoms with Crippen LogP contribution in [0.5, 0.6) is 0 Å². The van der Waals surface area contributed by atoms with E-state index in [2.05, 4.69) is 0 Å². The number of hydrogen-bond donors (Lipinski definition) is 6. The molecule has 0 aromatic carbocycles. The van der Waals surface area contributed by atoms with E-state index in [0.29, 0.717) is 0 Å². The first-order chi connectivity index (χ1) is 11.3. The van der Waals surface area contributed by atoms with E-state index >= 15 is 0 Å². The lowest BCUT2D eigenvalue weighted by atomic mass is 9.91. The van der Waals surface area contributed by atoms with Crippen LogP contribution >= 0.6 is 0 Å². The number of aliphatic hydroxyl groups is 6. The Hall–Kier alpha value is -0.400. The SMILES string of the molecule is CO[C@H]1O[C@H](CC[C@H]2O[C@H](OC)[C@H](O)[C@@H](O)[C@@H]2O)[C@@H](O)[C@H](O)[C@H]1O. The van der Waals surface area contributed by atoms with E-state index in [1.165, 1.54) is 14.2 Å². The van der Waals surface area contributed by atoms with E-state index < -0.39 is 61.4 Å². The Morgan fingerprint density at radius 1 is 0.583 bits per heavy atom. The van der Waals surface area contributed by atoms with E-state index in [-0.39, 0.29) is 12.8 Å². The maximum atomic E-state index is 10.0. The van der Waals surface area contributed by atoms with Gasteiger partial charge in [-0.05, 0) is 12.8 Å². The molecular formula is C14H26O10. The Bertz CT molecular complexity index is 356. The normalized spacial score (nSPS) is 50.0. The topological polar surface area (TPSA) is 158 Å². The van der Waals surface area contributed by atoms with Gasteiger partial charge in [0, 0.05) is 14.2 Å². The van der Waals surface area contributed by atoms with Crippen LogP contribution in [-0.4, -0.2) is 106 Å². The maximum absolute atomic E-state index is 10.0. The van der Waals surface area contributed by atoms with Crippen LogP contribution in [0.15, 0.2) is 0 Å². The van der Waals surface area contributed by atoms with Gasteiger partial charge in [-0.15, -0.1) is 0 Å². The molecule has 142 valence electrons. The third-order valence-electron chi connectivity index (χ3n) is 4.54. The fourth-order valence-electron chi connectivity index (χ4n) is 3.03. The molecule has 10 atom stereocenters. The molecule has 0 unspecified atom stereocenters. The van der Waals surface area contributed by atoms with Crippen molar-refractivity contribution in [3.63, 3.8) is 0 Å². The van der Waals surface area contributed by atoms with Gasteiger partial charge in [0.1, 0.15) is 36.6 Å². The molecule has 0 aromatic rings. The summed E-state index contributed by atoms with van der Waals surface area (Å²) in [6.07, 6.45) is -12.0. The minimum atomic E-state index is -1.44. The van der Waals surface area contributed by atoms with Crippen molar-refractivity contribution in [2.24, 2.45) is 0 Å². The summed E-state index contributed by atoms with van der Waals surface area (Å²) >= 11 is 0. The molecule has 0 radical (unpaired) electrons. The summed E-state index contributed by atoms with van der Waals surface area (Å²) < 4.78 is 20.6. The molecule has 24 heavy (non-hydrogen) atoms. The fraction of sp³-hybridized carbons (Fsp3) is 1.00. The zero-order valence-corrected chi connectivity index (χ0v) is 13.5. The Labute approximate surface area is 139 Å². The third-order valence-corrected chi connectivity index (χ3v) is 4.54. The van der Waals surface area contributed by atoms with Crippen LogP contribution in [-0.2, 0) is 18.9 Å². The molecule has 2 fully saturated rings. The van der Waals surface area contributed by atoms with Gasteiger partial charge in [-0.1, -0.05) is 0 Å². The van der Waals surface area contributed by atoms with Crippen molar-refractivity contribution in [3.05, 3.63) is 0 Å². The molecule has 0 saturated carbocycles. The molecule has 0 spiro atoms. The molecule has 2 saturated heterocycles. The molecule has 0 bridgehead atoms. The predicted molar refractivity (Wildman–Crippen MR) is 76.6 cm³/mol. The molecule has 2 rings (SSSR count). The lowest BCUT2D eigenvalue weighted by molar-refractivity contribution is -0.302. The molecule has 6 N–H and O–H groups in total. The van der Waals surface area contributed by atoms with E-state index in [1.807, 2.05) is 0 Å². The molecule has 2 aliphatic rings. The van der Waals surface area contributed by atoms with Crippen LogP contribution in [0, 0.1) is 0 Å². The van der Waals surface area contributed by atoms with Gasteiger partial charge in [-0.3, -0.25) is 0 Å². The van der Waals surface area contributed by atoms with Crippen LogP contribution in [0.1, 0.15) is 12.8 Å². The second-order valence-corrected chi connectivity index (χ2v) is 6.08. The lowest BCUT2D eigenvalue weighted by Gasteiger charge is -2.42. The van der Waals surface area contributed by atoms with Gasteiger partial charge in [-0.2, -0.15) is 0 Å². The minimum Gasteiger partial charge on any atom is -0.388 e. The second kappa shape index (κ2) is 8.32. The summed E-state index contributed by atoms with van der Waals surface area (Å²) in [6.45, 7) is 0. The largest absolute Gasteiger partial charge is 0.388 e. The number of ether oxygens (including phenoxy) is 4. The van der Waals surface area contributed by atoms with Gasteiger partial charge in [0.2, 0.25) is 0 Å². The zero-order valence-electron chi connectivity index (χ0n) is 13.5. The van der Waals surface area contributed by atoms with Crippen LogP contribution < -0.4 is 0 Å². The van der Waals surface area contributed by atoms with Crippen LogP contribution in [0.3, 0.4) is 0 Å². The summed E-state index contributed by atoms with van der Waals surface area (Å²) in [5.41, 5.74) is 0. The quantitative estimate of drug-likeness (QED) is 0.295. The Morgan fingerprint density at radius 3 is 1.21 bits per heavy atom. The van der Waals surface area contributed by atoms with Crippen LogP contribution in [0.25, 0.3) is 0 Å². The highest BCUT2D eigenvalue weighted by atomic mass is 16.7. The van der Waals surface area contributed by atoms with Crippen molar-refractivity contribution in [2.75, 3.05) is 14.2 Å². The number of rotatable bonds is 5. The molecule has 10 heteroatoms. The van der Waals surface area contributed by atoms with E-state index in [9.17, 15) is 30.6 Å². The zero-order chi connectivity index (χ0) is 18.0. The van der Waals surface area contributed by atoms with Crippen molar-refractivity contribution >= 4 is 0 Å². The molecule has 0 amide bonds. The average Bonchev–Trinajstić information content (AvgIpc) is 2.58. The smallest absolute Gasteiger partial charge is 0.186 e. The van der Waals surface area contributed by atoms with Crippen LogP contribution in [0.4, 0.5) is 0 Å². The Balaban J connectivity index is 1.96. The van der Waals surface area contributed by atoms with E-state index in [4.69, 9.17) is 18.9 Å². The second-order valence-electron chi connectivity index (χ2n) is 6.08. The van der Waals surface area contributed by atoms with Crippen molar-refractivity contribution < 1.29 is 49.6 Å². The monoisotopic (exact) mass is 354 g/mol. The summed E-state index contributed by atoms with van der Waals surface area (Å²) in [6, 6.07) is 0. The highest BCUT2D eigenvalue weighted by molar-refractivity contribution is 4.92. The summed E-state index contributed by atoms with van der Waals surface area (Å²) in [5.74, 6) is 0. The first kappa shape index (κ1) is 19.9. The highest BCUT2D eigenvalue weighted by Crippen LogP contribution is 2.29. The van der Waals surface area contributed by atoms with Gasteiger partial charge < -0.3 is 49.6 Å². The first-order valence-corrected chi connectivity index (χ1v) is 7.76. The molecule has 2 heterocycles. The molecular weight excluding hydrogens is 328 g/mol. The minimum absolute atomic E-state index is 0.145. The lowest BCUT2D eigenvalue weighted by Crippen LogP contribution is -2.59. The Morgan fingerprint density at radius 2 is 0.917 bits per heavy atom. The first-order valence-electron chi connectivity index (χ1n) is 7.76.